The predicted octanol–water partition coefficient (Wildman–Crippen LogP) is 11.6. The molecule has 51 heavy (non-hydrogen) atoms. The lowest BCUT2D eigenvalue weighted by Gasteiger charge is -2.48. The Morgan fingerprint density at radius 3 is 1.41 bits per heavy atom. The zero-order chi connectivity index (χ0) is 33.5. The number of hydrogen-bond donors (Lipinski definition) is 0. The average molecular weight is 699 g/mol. The van der Waals surface area contributed by atoms with Gasteiger partial charge in [0, 0.05) is 36.3 Å². The molecular formula is C48H78N2O. The summed E-state index contributed by atoms with van der Waals surface area (Å²) in [6.45, 7) is 0. The second kappa shape index (κ2) is 14.4. The number of hydrogen-bond acceptors (Lipinski definition) is 3. The Morgan fingerprint density at radius 2 is 0.765 bits per heavy atom. The van der Waals surface area contributed by atoms with Crippen LogP contribution in [0.2, 0.25) is 0 Å². The smallest absolute Gasteiger partial charge is 0.0641 e. The molecule has 0 bridgehead atoms. The van der Waals surface area contributed by atoms with Gasteiger partial charge in [-0.15, -0.1) is 0 Å². The molecule has 15 unspecified atom stereocenters. The first kappa shape index (κ1) is 34.2. The van der Waals surface area contributed by atoms with Gasteiger partial charge in [-0.25, -0.2) is 0 Å². The second-order valence-corrected chi connectivity index (χ2v) is 21.7. The Bertz CT molecular complexity index is 1190. The first-order valence-electron chi connectivity index (χ1n) is 24.5. The number of likely N-dealkylation sites (tertiary alicyclic amines) is 2. The molecule has 11 rings (SSSR count). The summed E-state index contributed by atoms with van der Waals surface area (Å²) < 4.78 is 7.03. The van der Waals surface area contributed by atoms with Gasteiger partial charge >= 0.3 is 0 Å². The molecule has 0 N–H and O–H groups in total. The van der Waals surface area contributed by atoms with Crippen molar-refractivity contribution >= 4 is 0 Å². The fourth-order valence-electron chi connectivity index (χ4n) is 18.1. The van der Waals surface area contributed by atoms with E-state index >= 15 is 0 Å². The average Bonchev–Trinajstić information content (AvgIpc) is 3.86. The van der Waals surface area contributed by atoms with Crippen LogP contribution in [0, 0.1) is 59.2 Å². The SMILES string of the molecule is C1CCC(N2C3CCCCC3C3CC(C4CCC5C(C4)C4CCCCC4N5C4CCC(C5CCCC6C7CCCCC7OC56)CC4)CCC32)CC1. The zero-order valence-corrected chi connectivity index (χ0v) is 32.9. The number of fused-ring (bicyclic) bond motifs is 9. The first-order chi connectivity index (χ1) is 25.3. The van der Waals surface area contributed by atoms with Crippen molar-refractivity contribution in [2.45, 2.75) is 241 Å². The van der Waals surface area contributed by atoms with Crippen molar-refractivity contribution in [2.24, 2.45) is 59.2 Å². The molecule has 0 aromatic carbocycles. The number of rotatable bonds is 4. The van der Waals surface area contributed by atoms with Crippen LogP contribution in [0.15, 0.2) is 0 Å². The molecule has 3 heterocycles. The minimum atomic E-state index is 0.638. The van der Waals surface area contributed by atoms with Gasteiger partial charge in [-0.05, 0) is 188 Å². The van der Waals surface area contributed by atoms with Gasteiger partial charge in [0.25, 0.3) is 0 Å². The van der Waals surface area contributed by atoms with Crippen LogP contribution in [0.5, 0.6) is 0 Å². The van der Waals surface area contributed by atoms with Crippen LogP contribution in [0.3, 0.4) is 0 Å². The van der Waals surface area contributed by atoms with Crippen molar-refractivity contribution in [3.05, 3.63) is 0 Å². The predicted molar refractivity (Wildman–Crippen MR) is 208 cm³/mol. The van der Waals surface area contributed by atoms with E-state index in [9.17, 15) is 0 Å². The molecule has 0 amide bonds. The fourth-order valence-corrected chi connectivity index (χ4v) is 18.1. The summed E-state index contributed by atoms with van der Waals surface area (Å²) in [6.07, 6.45) is 47.1. The van der Waals surface area contributed by atoms with Gasteiger partial charge in [-0.2, -0.15) is 0 Å². The molecule has 0 spiro atoms. The van der Waals surface area contributed by atoms with Gasteiger partial charge in [-0.1, -0.05) is 64.2 Å². The largest absolute Gasteiger partial charge is 0.374 e. The third-order valence-corrected chi connectivity index (χ3v) is 20.0. The quantitative estimate of drug-likeness (QED) is 0.291. The van der Waals surface area contributed by atoms with Crippen molar-refractivity contribution in [1.29, 1.82) is 0 Å². The lowest BCUT2D eigenvalue weighted by Crippen LogP contribution is -2.50. The van der Waals surface area contributed by atoms with E-state index in [-0.39, 0.29) is 0 Å². The van der Waals surface area contributed by atoms with E-state index in [1.807, 2.05) is 0 Å². The van der Waals surface area contributed by atoms with Crippen molar-refractivity contribution in [3.63, 3.8) is 0 Å². The minimum Gasteiger partial charge on any atom is -0.374 e. The molecule has 8 aliphatic carbocycles. The van der Waals surface area contributed by atoms with Crippen LogP contribution in [0.25, 0.3) is 0 Å². The Kier molecular flexibility index (Phi) is 9.66. The highest BCUT2D eigenvalue weighted by molar-refractivity contribution is 5.10. The molecule has 11 fully saturated rings. The van der Waals surface area contributed by atoms with Crippen molar-refractivity contribution in [3.8, 4) is 0 Å². The summed E-state index contributed by atoms with van der Waals surface area (Å²) in [5.74, 6) is 10.1. The molecule has 11 aliphatic rings. The molecule has 3 nitrogen and oxygen atoms in total. The Balaban J connectivity index is 0.752. The number of nitrogens with zero attached hydrogens (tertiary/aromatic N) is 2. The zero-order valence-electron chi connectivity index (χ0n) is 32.9. The highest BCUT2D eigenvalue weighted by Gasteiger charge is 2.57. The van der Waals surface area contributed by atoms with Crippen molar-refractivity contribution in [1.82, 2.24) is 9.80 Å². The van der Waals surface area contributed by atoms with Crippen LogP contribution >= 0.6 is 0 Å². The molecule has 286 valence electrons. The molecule has 0 radical (unpaired) electrons. The molecule has 3 aliphatic heterocycles. The van der Waals surface area contributed by atoms with Gasteiger partial charge in [0.05, 0.1) is 12.2 Å². The molecule has 3 heteroatoms. The summed E-state index contributed by atoms with van der Waals surface area (Å²) in [5.41, 5.74) is 0. The van der Waals surface area contributed by atoms with E-state index in [0.29, 0.717) is 12.2 Å². The standard InChI is InChI=1S/C48H78N2O/c1-2-11-34(12-3-1)49-43-18-7-4-13-37(43)41-29-32(23-27-45(41)49)33-24-28-46-42(30-33)38-14-5-8-19-44(38)50(46)35-25-21-31(22-26-35)36-16-10-17-40-39-15-6-9-20-47(39)51-48(36)40/h31-48H,1-30H2. The lowest BCUT2D eigenvalue weighted by atomic mass is 9.62. The van der Waals surface area contributed by atoms with E-state index in [4.69, 9.17) is 4.74 Å². The fraction of sp³-hybridized carbons (Fsp3) is 1.00. The van der Waals surface area contributed by atoms with Crippen molar-refractivity contribution < 1.29 is 4.74 Å². The highest BCUT2D eigenvalue weighted by Crippen LogP contribution is 2.59. The third kappa shape index (κ3) is 5.93. The topological polar surface area (TPSA) is 15.7 Å². The number of ether oxygens (including phenoxy) is 1. The maximum Gasteiger partial charge on any atom is 0.0641 e. The van der Waals surface area contributed by atoms with Gasteiger partial charge in [-0.3, -0.25) is 9.80 Å². The summed E-state index contributed by atoms with van der Waals surface area (Å²) in [5, 5.41) is 0. The third-order valence-electron chi connectivity index (χ3n) is 20.0. The maximum atomic E-state index is 7.03. The van der Waals surface area contributed by atoms with E-state index in [1.54, 1.807) is 64.2 Å². The van der Waals surface area contributed by atoms with E-state index in [2.05, 4.69) is 9.80 Å². The first-order valence-corrected chi connectivity index (χ1v) is 24.5. The van der Waals surface area contributed by atoms with E-state index in [1.165, 1.54) is 128 Å². The van der Waals surface area contributed by atoms with Crippen LogP contribution in [-0.4, -0.2) is 58.3 Å². The van der Waals surface area contributed by atoms with Crippen LogP contribution in [0.1, 0.15) is 193 Å². The molecule has 0 aromatic heterocycles. The Morgan fingerprint density at radius 1 is 0.294 bits per heavy atom. The molecule has 8 saturated carbocycles. The molecular weight excluding hydrogens is 621 g/mol. The van der Waals surface area contributed by atoms with Crippen molar-refractivity contribution in [2.75, 3.05) is 0 Å². The monoisotopic (exact) mass is 699 g/mol. The minimum absolute atomic E-state index is 0.638. The Labute approximate surface area is 313 Å². The summed E-state index contributed by atoms with van der Waals surface area (Å²) in [6, 6.07) is 5.71. The van der Waals surface area contributed by atoms with E-state index < -0.39 is 0 Å². The normalized spacial score (nSPS) is 53.8. The summed E-state index contributed by atoms with van der Waals surface area (Å²) in [4.78, 5) is 6.59. The van der Waals surface area contributed by atoms with Crippen LogP contribution in [0.4, 0.5) is 0 Å². The lowest BCUT2D eigenvalue weighted by molar-refractivity contribution is -0.0526. The summed E-state index contributed by atoms with van der Waals surface area (Å²) >= 11 is 0. The second-order valence-electron chi connectivity index (χ2n) is 21.7. The van der Waals surface area contributed by atoms with Gasteiger partial charge in [0.15, 0.2) is 0 Å². The molecule has 15 atom stereocenters. The highest BCUT2D eigenvalue weighted by atomic mass is 16.5. The Hall–Kier alpha value is -0.120. The van der Waals surface area contributed by atoms with Gasteiger partial charge < -0.3 is 4.74 Å². The van der Waals surface area contributed by atoms with Gasteiger partial charge in [0.1, 0.15) is 0 Å². The molecule has 0 aromatic rings. The van der Waals surface area contributed by atoms with Crippen LogP contribution in [-0.2, 0) is 4.74 Å². The summed E-state index contributed by atoms with van der Waals surface area (Å²) in [7, 11) is 0. The molecule has 3 saturated heterocycles. The van der Waals surface area contributed by atoms with E-state index in [0.717, 1.165) is 95.4 Å². The maximum absolute atomic E-state index is 7.03. The van der Waals surface area contributed by atoms with Gasteiger partial charge in [0.2, 0.25) is 0 Å². The van der Waals surface area contributed by atoms with Crippen LogP contribution < -0.4 is 0 Å².